The molecule has 120 valence electrons. The normalized spacial score (nSPS) is 20.1. The van der Waals surface area contributed by atoms with Crippen molar-refractivity contribution in [1.82, 2.24) is 10.2 Å². The van der Waals surface area contributed by atoms with Crippen LogP contribution in [0.5, 0.6) is 5.75 Å². The number of carbonyl (C=O) groups is 1. The summed E-state index contributed by atoms with van der Waals surface area (Å²) in [5.74, 6) is 0.917. The fourth-order valence-electron chi connectivity index (χ4n) is 2.36. The second-order valence-corrected chi connectivity index (χ2v) is 5.74. The van der Waals surface area contributed by atoms with Crippen molar-refractivity contribution in [2.45, 2.75) is 19.0 Å². The molecule has 0 saturated carbocycles. The van der Waals surface area contributed by atoms with Crippen LogP contribution in [0.1, 0.15) is 12.0 Å². The number of aliphatic hydroxyl groups excluding tert-OH is 1. The van der Waals surface area contributed by atoms with E-state index in [9.17, 15) is 4.79 Å². The Morgan fingerprint density at radius 3 is 2.82 bits per heavy atom. The van der Waals surface area contributed by atoms with Crippen LogP contribution >= 0.6 is 0 Å². The molecule has 0 aromatic heterocycles. The third-order valence-corrected chi connectivity index (χ3v) is 3.78. The van der Waals surface area contributed by atoms with Crippen molar-refractivity contribution in [2.24, 2.45) is 5.92 Å². The molecule has 0 spiro atoms. The van der Waals surface area contributed by atoms with Gasteiger partial charge in [0.05, 0.1) is 0 Å². The molecule has 2 atom stereocenters. The summed E-state index contributed by atoms with van der Waals surface area (Å²) >= 11 is 0. The quantitative estimate of drug-likeness (QED) is 0.743. The van der Waals surface area contributed by atoms with Crippen LogP contribution in [0.3, 0.4) is 0 Å². The molecule has 2 rings (SSSR count). The summed E-state index contributed by atoms with van der Waals surface area (Å²) in [6.07, 6.45) is 5.06. The number of nitrogens with one attached hydrogen (secondary N) is 1. The maximum Gasteiger partial charge on any atom is 0.259 e. The van der Waals surface area contributed by atoms with Gasteiger partial charge < -0.3 is 20.1 Å². The van der Waals surface area contributed by atoms with E-state index in [1.54, 1.807) is 14.1 Å². The SMILES string of the molecule is CN(C)C(=O)COc1ccccc1CN[C@@H]1C=C[C@H](CO)C1. The number of carbonyl (C=O) groups excluding carboxylic acids is 1. The summed E-state index contributed by atoms with van der Waals surface area (Å²) in [4.78, 5) is 13.1. The second-order valence-electron chi connectivity index (χ2n) is 5.74. The first-order valence-electron chi connectivity index (χ1n) is 7.53. The molecule has 0 saturated heterocycles. The molecule has 1 amide bonds. The van der Waals surface area contributed by atoms with Crippen LogP contribution in [-0.2, 0) is 11.3 Å². The summed E-state index contributed by atoms with van der Waals surface area (Å²) in [7, 11) is 3.42. The minimum atomic E-state index is -0.0627. The molecule has 0 bridgehead atoms. The summed E-state index contributed by atoms with van der Waals surface area (Å²) in [5, 5.41) is 12.6. The molecule has 5 nitrogen and oxygen atoms in total. The van der Waals surface area contributed by atoms with Crippen LogP contribution in [0.2, 0.25) is 0 Å². The molecule has 1 aliphatic rings. The van der Waals surface area contributed by atoms with Gasteiger partial charge in [0.2, 0.25) is 0 Å². The summed E-state index contributed by atoms with van der Waals surface area (Å²) in [5.41, 5.74) is 1.02. The zero-order chi connectivity index (χ0) is 15.9. The molecule has 5 heteroatoms. The molecule has 1 aliphatic carbocycles. The lowest BCUT2D eigenvalue weighted by molar-refractivity contribution is -0.130. The fraction of sp³-hybridized carbons (Fsp3) is 0.471. The van der Waals surface area contributed by atoms with Gasteiger partial charge in [0.1, 0.15) is 5.75 Å². The van der Waals surface area contributed by atoms with Crippen LogP contribution in [0.15, 0.2) is 36.4 Å². The maximum absolute atomic E-state index is 11.6. The number of benzene rings is 1. The number of hydrogen-bond acceptors (Lipinski definition) is 4. The van der Waals surface area contributed by atoms with Crippen molar-refractivity contribution in [3.63, 3.8) is 0 Å². The number of aliphatic hydroxyl groups is 1. The van der Waals surface area contributed by atoms with E-state index in [1.165, 1.54) is 4.90 Å². The van der Waals surface area contributed by atoms with Crippen LogP contribution < -0.4 is 10.1 Å². The summed E-state index contributed by atoms with van der Waals surface area (Å²) in [6, 6.07) is 7.99. The van der Waals surface area contributed by atoms with Gasteiger partial charge in [0.15, 0.2) is 6.61 Å². The van der Waals surface area contributed by atoms with Gasteiger partial charge in [-0.3, -0.25) is 4.79 Å². The minimum Gasteiger partial charge on any atom is -0.483 e. The van der Waals surface area contributed by atoms with E-state index in [-0.39, 0.29) is 31.1 Å². The van der Waals surface area contributed by atoms with Crippen LogP contribution in [0.4, 0.5) is 0 Å². The Morgan fingerprint density at radius 2 is 2.14 bits per heavy atom. The number of para-hydroxylation sites is 1. The van der Waals surface area contributed by atoms with Crippen molar-refractivity contribution in [3.05, 3.63) is 42.0 Å². The molecular formula is C17H24N2O3. The van der Waals surface area contributed by atoms with E-state index in [1.807, 2.05) is 24.3 Å². The lowest BCUT2D eigenvalue weighted by Gasteiger charge is -2.16. The second kappa shape index (κ2) is 7.96. The van der Waals surface area contributed by atoms with Gasteiger partial charge in [0, 0.05) is 44.8 Å². The lowest BCUT2D eigenvalue weighted by atomic mass is 10.1. The van der Waals surface area contributed by atoms with E-state index < -0.39 is 0 Å². The molecular weight excluding hydrogens is 280 g/mol. The van der Waals surface area contributed by atoms with Crippen molar-refractivity contribution < 1.29 is 14.6 Å². The highest BCUT2D eigenvalue weighted by Crippen LogP contribution is 2.21. The Hall–Kier alpha value is -1.85. The van der Waals surface area contributed by atoms with E-state index >= 15 is 0 Å². The lowest BCUT2D eigenvalue weighted by Crippen LogP contribution is -2.28. The van der Waals surface area contributed by atoms with Gasteiger partial charge in [-0.15, -0.1) is 0 Å². The summed E-state index contributed by atoms with van der Waals surface area (Å²) in [6.45, 7) is 0.903. The number of likely N-dealkylation sites (N-methyl/N-ethyl adjacent to an activating group) is 1. The predicted molar refractivity (Wildman–Crippen MR) is 85.6 cm³/mol. The van der Waals surface area contributed by atoms with Crippen LogP contribution in [-0.4, -0.2) is 49.3 Å². The Balaban J connectivity index is 1.88. The molecule has 22 heavy (non-hydrogen) atoms. The Morgan fingerprint density at radius 1 is 1.36 bits per heavy atom. The van der Waals surface area contributed by atoms with E-state index in [4.69, 9.17) is 9.84 Å². The number of rotatable bonds is 7. The first-order valence-corrected chi connectivity index (χ1v) is 7.53. The van der Waals surface area contributed by atoms with Crippen LogP contribution in [0.25, 0.3) is 0 Å². The van der Waals surface area contributed by atoms with Crippen molar-refractivity contribution >= 4 is 5.91 Å². The largest absolute Gasteiger partial charge is 0.483 e. The maximum atomic E-state index is 11.6. The smallest absolute Gasteiger partial charge is 0.259 e. The van der Waals surface area contributed by atoms with Gasteiger partial charge >= 0.3 is 0 Å². The predicted octanol–water partition coefficient (Wildman–Crippen LogP) is 1.18. The topological polar surface area (TPSA) is 61.8 Å². The van der Waals surface area contributed by atoms with E-state index in [0.717, 1.165) is 17.7 Å². The van der Waals surface area contributed by atoms with Gasteiger partial charge in [-0.25, -0.2) is 0 Å². The highest BCUT2D eigenvalue weighted by molar-refractivity contribution is 5.77. The third kappa shape index (κ3) is 4.58. The zero-order valence-corrected chi connectivity index (χ0v) is 13.2. The molecule has 0 fully saturated rings. The third-order valence-electron chi connectivity index (χ3n) is 3.78. The zero-order valence-electron chi connectivity index (χ0n) is 13.2. The molecule has 1 aromatic rings. The summed E-state index contributed by atoms with van der Waals surface area (Å²) < 4.78 is 5.63. The van der Waals surface area contributed by atoms with E-state index in [2.05, 4.69) is 17.5 Å². The Kier molecular flexibility index (Phi) is 5.98. The Labute approximate surface area is 131 Å². The minimum absolute atomic E-state index is 0.0416. The molecule has 2 N–H and O–H groups in total. The highest BCUT2D eigenvalue weighted by atomic mass is 16.5. The molecule has 1 aromatic carbocycles. The van der Waals surface area contributed by atoms with Crippen LogP contribution in [0, 0.1) is 5.92 Å². The average molecular weight is 304 g/mol. The first-order chi connectivity index (χ1) is 10.6. The fourth-order valence-corrected chi connectivity index (χ4v) is 2.36. The molecule has 0 unspecified atom stereocenters. The van der Waals surface area contributed by atoms with Crippen molar-refractivity contribution in [3.8, 4) is 5.75 Å². The molecule has 0 radical (unpaired) electrons. The number of hydrogen-bond donors (Lipinski definition) is 2. The first kappa shape index (κ1) is 16.5. The number of amides is 1. The van der Waals surface area contributed by atoms with E-state index in [0.29, 0.717) is 6.54 Å². The number of nitrogens with zero attached hydrogens (tertiary/aromatic N) is 1. The van der Waals surface area contributed by atoms with Crippen molar-refractivity contribution in [1.29, 1.82) is 0 Å². The van der Waals surface area contributed by atoms with Gasteiger partial charge in [0.25, 0.3) is 5.91 Å². The van der Waals surface area contributed by atoms with Gasteiger partial charge in [-0.1, -0.05) is 30.4 Å². The molecule has 0 heterocycles. The van der Waals surface area contributed by atoms with Gasteiger partial charge in [-0.05, 0) is 12.5 Å². The monoisotopic (exact) mass is 304 g/mol. The highest BCUT2D eigenvalue weighted by Gasteiger charge is 2.18. The number of ether oxygens (including phenoxy) is 1. The standard InChI is InChI=1S/C17H24N2O3/c1-19(2)17(21)12-22-16-6-4-3-5-14(16)10-18-15-8-7-13(9-15)11-20/h3-8,13,15,18,20H,9-12H2,1-2H3/t13-,15+/m0/s1. The van der Waals surface area contributed by atoms with Crippen molar-refractivity contribution in [2.75, 3.05) is 27.3 Å². The average Bonchev–Trinajstić information content (AvgIpc) is 2.99. The van der Waals surface area contributed by atoms with Gasteiger partial charge in [-0.2, -0.15) is 0 Å². The molecule has 0 aliphatic heterocycles. The Bertz CT molecular complexity index is 528.